The highest BCUT2D eigenvalue weighted by molar-refractivity contribution is 7.89. The molecule has 2 aliphatic rings. The second-order valence-electron chi connectivity index (χ2n) is 9.19. The molecule has 1 aromatic heterocycles. The molecule has 0 bridgehead atoms. The number of methoxy groups -OCH3 is 2. The molecule has 5 rings (SSSR count). The maximum absolute atomic E-state index is 13.5. The van der Waals surface area contributed by atoms with Crippen LogP contribution in [0.3, 0.4) is 0 Å². The largest absolute Gasteiger partial charge is 0.493 e. The molecule has 0 amide bonds. The maximum Gasteiger partial charge on any atom is 0.245 e. The molecule has 0 radical (unpaired) electrons. The van der Waals surface area contributed by atoms with Gasteiger partial charge in [-0.3, -0.25) is 9.88 Å². The van der Waals surface area contributed by atoms with E-state index in [4.69, 9.17) is 9.47 Å². The van der Waals surface area contributed by atoms with Crippen LogP contribution in [0.15, 0.2) is 47.5 Å². The normalized spacial score (nSPS) is 17.7. The second-order valence-corrected chi connectivity index (χ2v) is 11.1. The topological polar surface area (TPSA) is 72.0 Å². The number of hydrogen-bond donors (Lipinski definition) is 0. The SMILES string of the molecule is CCN(CCCN1CCc2cc(OC)c(OC)c3c2C1CC3)S(=O)(=O)c1cccc2cccnc12. The molecule has 3 aromatic rings. The molecule has 2 aromatic carbocycles. The summed E-state index contributed by atoms with van der Waals surface area (Å²) in [4.78, 5) is 7.16. The lowest BCUT2D eigenvalue weighted by Gasteiger charge is -2.36. The Labute approximate surface area is 207 Å². The number of rotatable bonds is 9. The molecule has 0 saturated heterocycles. The van der Waals surface area contributed by atoms with Gasteiger partial charge in [-0.2, -0.15) is 4.31 Å². The third-order valence-electron chi connectivity index (χ3n) is 7.43. The van der Waals surface area contributed by atoms with E-state index in [2.05, 4.69) is 16.0 Å². The van der Waals surface area contributed by atoms with E-state index in [1.54, 1.807) is 36.9 Å². The number of hydrogen-bond acceptors (Lipinski definition) is 6. The molecule has 0 N–H and O–H groups in total. The number of benzene rings is 2. The monoisotopic (exact) mass is 495 g/mol. The van der Waals surface area contributed by atoms with Crippen molar-refractivity contribution in [3.63, 3.8) is 0 Å². The third-order valence-corrected chi connectivity index (χ3v) is 9.43. The zero-order valence-corrected chi connectivity index (χ0v) is 21.5. The molecule has 1 unspecified atom stereocenters. The lowest BCUT2D eigenvalue weighted by atomic mass is 9.92. The zero-order chi connectivity index (χ0) is 24.6. The Kier molecular flexibility index (Phi) is 6.70. The minimum atomic E-state index is -3.63. The van der Waals surface area contributed by atoms with Crippen molar-refractivity contribution in [3.8, 4) is 11.5 Å². The quantitative estimate of drug-likeness (QED) is 0.443. The summed E-state index contributed by atoms with van der Waals surface area (Å²) in [5.74, 6) is 1.68. The molecular weight excluding hydrogens is 462 g/mol. The zero-order valence-electron chi connectivity index (χ0n) is 20.7. The van der Waals surface area contributed by atoms with E-state index in [0.29, 0.717) is 24.6 Å². The van der Waals surface area contributed by atoms with Crippen LogP contribution in [0.5, 0.6) is 11.5 Å². The minimum absolute atomic E-state index is 0.283. The summed E-state index contributed by atoms with van der Waals surface area (Å²) in [6, 6.07) is 11.6. The molecule has 186 valence electrons. The molecule has 8 heteroatoms. The van der Waals surface area contributed by atoms with E-state index in [1.807, 2.05) is 25.1 Å². The summed E-state index contributed by atoms with van der Waals surface area (Å²) >= 11 is 0. The molecule has 2 heterocycles. The first-order valence-corrected chi connectivity index (χ1v) is 13.8. The predicted molar refractivity (Wildman–Crippen MR) is 137 cm³/mol. The first kappa shape index (κ1) is 24.0. The highest BCUT2D eigenvalue weighted by Crippen LogP contribution is 2.48. The van der Waals surface area contributed by atoms with Crippen LogP contribution in [0.1, 0.15) is 42.5 Å². The molecule has 0 fully saturated rings. The lowest BCUT2D eigenvalue weighted by molar-refractivity contribution is 0.179. The van der Waals surface area contributed by atoms with Gasteiger partial charge in [-0.1, -0.05) is 25.1 Å². The van der Waals surface area contributed by atoms with Crippen molar-refractivity contribution in [2.45, 2.75) is 43.5 Å². The van der Waals surface area contributed by atoms with Crippen LogP contribution >= 0.6 is 0 Å². The molecule has 35 heavy (non-hydrogen) atoms. The summed E-state index contributed by atoms with van der Waals surface area (Å²) in [5.41, 5.74) is 4.56. The Bertz CT molecular complexity index is 1340. The van der Waals surface area contributed by atoms with Gasteiger partial charge in [0.25, 0.3) is 0 Å². The van der Waals surface area contributed by atoms with Crippen molar-refractivity contribution in [2.24, 2.45) is 0 Å². The lowest BCUT2D eigenvalue weighted by Crippen LogP contribution is -2.38. The highest BCUT2D eigenvalue weighted by atomic mass is 32.2. The van der Waals surface area contributed by atoms with Crippen molar-refractivity contribution in [1.29, 1.82) is 0 Å². The van der Waals surface area contributed by atoms with Crippen molar-refractivity contribution in [2.75, 3.05) is 40.4 Å². The average molecular weight is 496 g/mol. The van der Waals surface area contributed by atoms with Crippen LogP contribution in [0, 0.1) is 0 Å². The number of fused-ring (bicyclic) bond motifs is 1. The van der Waals surface area contributed by atoms with E-state index >= 15 is 0 Å². The number of para-hydroxylation sites is 1. The first-order valence-electron chi connectivity index (χ1n) is 12.3. The fourth-order valence-corrected chi connectivity index (χ4v) is 7.46. The highest BCUT2D eigenvalue weighted by Gasteiger charge is 2.37. The summed E-state index contributed by atoms with van der Waals surface area (Å²) < 4.78 is 39.9. The van der Waals surface area contributed by atoms with Crippen molar-refractivity contribution >= 4 is 20.9 Å². The van der Waals surface area contributed by atoms with E-state index in [0.717, 1.165) is 55.7 Å². The van der Waals surface area contributed by atoms with Crippen molar-refractivity contribution in [1.82, 2.24) is 14.2 Å². The summed E-state index contributed by atoms with van der Waals surface area (Å²) in [6.45, 7) is 4.64. The van der Waals surface area contributed by atoms with Gasteiger partial charge in [-0.25, -0.2) is 8.42 Å². The smallest absolute Gasteiger partial charge is 0.245 e. The van der Waals surface area contributed by atoms with E-state index in [1.165, 1.54) is 16.7 Å². The Morgan fingerprint density at radius 1 is 1.14 bits per heavy atom. The third kappa shape index (κ3) is 4.17. The summed E-state index contributed by atoms with van der Waals surface area (Å²) in [5, 5.41) is 0.834. The van der Waals surface area contributed by atoms with Crippen LogP contribution in [0.2, 0.25) is 0 Å². The molecular formula is C27H33N3O4S. The average Bonchev–Trinajstić information content (AvgIpc) is 3.33. The number of ether oxygens (including phenoxy) is 2. The second kappa shape index (κ2) is 9.76. The van der Waals surface area contributed by atoms with Gasteiger partial charge in [0.2, 0.25) is 10.0 Å². The molecule has 1 aliphatic heterocycles. The van der Waals surface area contributed by atoms with Crippen LogP contribution in [-0.2, 0) is 22.9 Å². The number of pyridine rings is 1. The van der Waals surface area contributed by atoms with Gasteiger partial charge in [0, 0.05) is 49.4 Å². The van der Waals surface area contributed by atoms with Crippen LogP contribution in [-0.4, -0.2) is 63.0 Å². The Balaban J connectivity index is 1.31. The maximum atomic E-state index is 13.5. The van der Waals surface area contributed by atoms with Gasteiger partial charge in [-0.05, 0) is 55.0 Å². The summed E-state index contributed by atoms with van der Waals surface area (Å²) in [6.07, 6.45) is 5.43. The van der Waals surface area contributed by atoms with E-state index in [9.17, 15) is 8.42 Å². The van der Waals surface area contributed by atoms with Crippen molar-refractivity contribution in [3.05, 3.63) is 59.3 Å². The number of sulfonamides is 1. The number of aromatic nitrogens is 1. The predicted octanol–water partition coefficient (Wildman–Crippen LogP) is 4.20. The Morgan fingerprint density at radius 3 is 2.74 bits per heavy atom. The van der Waals surface area contributed by atoms with Gasteiger partial charge in [-0.15, -0.1) is 0 Å². The van der Waals surface area contributed by atoms with Gasteiger partial charge in [0.1, 0.15) is 4.90 Å². The molecule has 7 nitrogen and oxygen atoms in total. The van der Waals surface area contributed by atoms with E-state index in [-0.39, 0.29) is 4.90 Å². The molecule has 0 spiro atoms. The van der Waals surface area contributed by atoms with Crippen LogP contribution < -0.4 is 9.47 Å². The summed E-state index contributed by atoms with van der Waals surface area (Å²) in [7, 11) is -0.230. The first-order chi connectivity index (χ1) is 17.0. The van der Waals surface area contributed by atoms with Crippen LogP contribution in [0.4, 0.5) is 0 Å². The molecule has 1 atom stereocenters. The minimum Gasteiger partial charge on any atom is -0.493 e. The van der Waals surface area contributed by atoms with E-state index < -0.39 is 10.0 Å². The van der Waals surface area contributed by atoms with Gasteiger partial charge in [0.15, 0.2) is 11.5 Å². The van der Waals surface area contributed by atoms with Crippen molar-refractivity contribution < 1.29 is 17.9 Å². The van der Waals surface area contributed by atoms with Crippen LogP contribution in [0.25, 0.3) is 10.9 Å². The fraction of sp³-hybridized carbons (Fsp3) is 0.444. The molecule has 0 saturated carbocycles. The van der Waals surface area contributed by atoms with Gasteiger partial charge < -0.3 is 9.47 Å². The Morgan fingerprint density at radius 2 is 1.97 bits per heavy atom. The fourth-order valence-electron chi connectivity index (χ4n) is 5.81. The Hall–Kier alpha value is -2.68. The van der Waals surface area contributed by atoms with Gasteiger partial charge in [0.05, 0.1) is 19.7 Å². The molecule has 1 aliphatic carbocycles. The number of nitrogens with zero attached hydrogens (tertiary/aromatic N) is 3. The standard InChI is InChI=1S/C27H33N3O4S/c1-4-30(35(31,32)24-10-5-8-19-9-6-14-28-26(19)24)16-7-15-29-17-13-20-18-23(33-2)27(34-3)21-11-12-22(29)25(20)21/h5-6,8-10,14,18,22H,4,7,11-13,15-17H2,1-3H3. The van der Waals surface area contributed by atoms with Gasteiger partial charge >= 0.3 is 0 Å².